The first-order valence-electron chi connectivity index (χ1n) is 13.4. The molecule has 7 heteroatoms. The first-order chi connectivity index (χ1) is 17.9. The molecule has 2 fully saturated rings. The lowest BCUT2D eigenvalue weighted by molar-refractivity contribution is -0.000989. The molecule has 1 spiro atoms. The van der Waals surface area contributed by atoms with E-state index in [1.54, 1.807) is 7.11 Å². The molecule has 0 atom stereocenters. The number of para-hydroxylation sites is 1. The van der Waals surface area contributed by atoms with Crippen LogP contribution in [-0.2, 0) is 4.74 Å². The predicted molar refractivity (Wildman–Crippen MR) is 148 cm³/mol. The molecule has 7 nitrogen and oxygen atoms in total. The Bertz CT molecular complexity index is 1220. The van der Waals surface area contributed by atoms with Gasteiger partial charge in [0.2, 0.25) is 0 Å². The Balaban J connectivity index is 1.14. The van der Waals surface area contributed by atoms with Gasteiger partial charge in [0.05, 0.1) is 24.9 Å². The Kier molecular flexibility index (Phi) is 7.51. The maximum absolute atomic E-state index is 12.2. The van der Waals surface area contributed by atoms with Crippen molar-refractivity contribution in [3.05, 3.63) is 54.6 Å². The summed E-state index contributed by atoms with van der Waals surface area (Å²) in [5, 5.41) is 4.82. The standard InChI is InChI=1S/C30H38N4O3/c1-22(2)18-37-29(35)34-20-30(21-34)13-16-33(19-30)15-6-14-31-28-17-27(23-9-11-24(36-3)12-10-23)32-26-8-5-4-7-25(26)28/h4-5,7-12,17,22H,6,13-16,18-21H2,1-3H3,(H,31,32). The van der Waals surface area contributed by atoms with Crippen molar-refractivity contribution in [3.63, 3.8) is 0 Å². The number of carbonyl (C=O) groups is 1. The van der Waals surface area contributed by atoms with E-state index >= 15 is 0 Å². The van der Waals surface area contributed by atoms with Crippen molar-refractivity contribution in [2.45, 2.75) is 26.7 Å². The van der Waals surface area contributed by atoms with E-state index in [-0.39, 0.29) is 11.5 Å². The summed E-state index contributed by atoms with van der Waals surface area (Å²) in [6.45, 7) is 10.4. The largest absolute Gasteiger partial charge is 0.497 e. The maximum Gasteiger partial charge on any atom is 0.409 e. The minimum atomic E-state index is -0.152. The molecule has 37 heavy (non-hydrogen) atoms. The smallest absolute Gasteiger partial charge is 0.409 e. The third kappa shape index (κ3) is 5.82. The highest BCUT2D eigenvalue weighted by atomic mass is 16.6. The number of benzene rings is 2. The molecule has 196 valence electrons. The number of rotatable bonds is 9. The summed E-state index contributed by atoms with van der Waals surface area (Å²) in [5.41, 5.74) is 4.38. The normalized spacial score (nSPS) is 16.8. The van der Waals surface area contributed by atoms with E-state index in [0.717, 1.165) is 85.7 Å². The van der Waals surface area contributed by atoms with Crippen LogP contribution in [-0.4, -0.2) is 73.9 Å². The number of nitrogens with zero attached hydrogens (tertiary/aromatic N) is 3. The summed E-state index contributed by atoms with van der Waals surface area (Å²) in [6.07, 6.45) is 2.07. The number of aromatic nitrogens is 1. The summed E-state index contributed by atoms with van der Waals surface area (Å²) in [6, 6.07) is 18.5. The molecular formula is C30H38N4O3. The van der Waals surface area contributed by atoms with E-state index in [9.17, 15) is 4.79 Å². The first kappa shape index (κ1) is 25.3. The van der Waals surface area contributed by atoms with Gasteiger partial charge in [0, 0.05) is 48.2 Å². The van der Waals surface area contributed by atoms with Crippen LogP contribution < -0.4 is 10.1 Å². The van der Waals surface area contributed by atoms with Crippen molar-refractivity contribution in [1.82, 2.24) is 14.8 Å². The fourth-order valence-electron chi connectivity index (χ4n) is 5.46. The zero-order valence-electron chi connectivity index (χ0n) is 22.2. The lowest BCUT2D eigenvalue weighted by Gasteiger charge is -2.47. The van der Waals surface area contributed by atoms with Gasteiger partial charge in [-0.25, -0.2) is 9.78 Å². The van der Waals surface area contributed by atoms with Crippen molar-refractivity contribution in [2.75, 3.05) is 58.3 Å². The van der Waals surface area contributed by atoms with Gasteiger partial charge in [-0.3, -0.25) is 0 Å². The summed E-state index contributed by atoms with van der Waals surface area (Å²) in [4.78, 5) is 21.5. The van der Waals surface area contributed by atoms with Crippen molar-refractivity contribution in [2.24, 2.45) is 11.3 Å². The van der Waals surface area contributed by atoms with Crippen LogP contribution in [0.5, 0.6) is 5.75 Å². The number of pyridine rings is 1. The first-order valence-corrected chi connectivity index (χ1v) is 13.4. The van der Waals surface area contributed by atoms with Crippen LogP contribution in [0.4, 0.5) is 10.5 Å². The number of ether oxygens (including phenoxy) is 2. The average Bonchev–Trinajstić information content (AvgIpc) is 3.33. The maximum atomic E-state index is 12.2. The second kappa shape index (κ2) is 11.0. The van der Waals surface area contributed by atoms with Gasteiger partial charge < -0.3 is 24.6 Å². The predicted octanol–water partition coefficient (Wildman–Crippen LogP) is 5.51. The van der Waals surface area contributed by atoms with Crippen LogP contribution in [0.1, 0.15) is 26.7 Å². The van der Waals surface area contributed by atoms with Gasteiger partial charge in [-0.05, 0) is 68.2 Å². The molecule has 1 aromatic heterocycles. The molecule has 0 unspecified atom stereocenters. The van der Waals surface area contributed by atoms with Crippen molar-refractivity contribution >= 4 is 22.7 Å². The molecule has 2 aliphatic rings. The summed E-state index contributed by atoms with van der Waals surface area (Å²) >= 11 is 0. The second-order valence-electron chi connectivity index (χ2n) is 10.9. The van der Waals surface area contributed by atoms with Crippen LogP contribution in [0.3, 0.4) is 0 Å². The number of fused-ring (bicyclic) bond motifs is 1. The van der Waals surface area contributed by atoms with E-state index in [1.165, 1.54) is 0 Å². The molecule has 0 aliphatic carbocycles. The lowest BCUT2D eigenvalue weighted by atomic mass is 9.79. The zero-order valence-corrected chi connectivity index (χ0v) is 22.2. The Hall–Kier alpha value is -3.32. The highest BCUT2D eigenvalue weighted by molar-refractivity contribution is 5.93. The SMILES string of the molecule is COc1ccc(-c2cc(NCCCN3CCC4(C3)CN(C(=O)OCC(C)C)C4)c3ccccc3n2)cc1. The number of nitrogens with one attached hydrogen (secondary N) is 1. The quantitative estimate of drug-likeness (QED) is 0.389. The Morgan fingerprint density at radius 3 is 2.65 bits per heavy atom. The number of amides is 1. The highest BCUT2D eigenvalue weighted by Gasteiger charge is 2.49. The molecule has 0 radical (unpaired) electrons. The Morgan fingerprint density at radius 2 is 1.89 bits per heavy atom. The molecule has 2 aromatic carbocycles. The average molecular weight is 503 g/mol. The van der Waals surface area contributed by atoms with Gasteiger partial charge in [-0.1, -0.05) is 32.0 Å². The Labute approximate surface area is 219 Å². The summed E-state index contributed by atoms with van der Waals surface area (Å²) in [7, 11) is 1.68. The van der Waals surface area contributed by atoms with Crippen molar-refractivity contribution < 1.29 is 14.3 Å². The highest BCUT2D eigenvalue weighted by Crippen LogP contribution is 2.40. The molecule has 3 aromatic rings. The summed E-state index contributed by atoms with van der Waals surface area (Å²) in [5.74, 6) is 1.21. The fraction of sp³-hybridized carbons (Fsp3) is 0.467. The lowest BCUT2D eigenvalue weighted by Crippen LogP contribution is -2.59. The van der Waals surface area contributed by atoms with Crippen LogP contribution in [0, 0.1) is 11.3 Å². The van der Waals surface area contributed by atoms with Crippen LogP contribution in [0.2, 0.25) is 0 Å². The van der Waals surface area contributed by atoms with Gasteiger partial charge >= 0.3 is 6.09 Å². The topological polar surface area (TPSA) is 66.9 Å². The van der Waals surface area contributed by atoms with Gasteiger partial charge in [-0.2, -0.15) is 0 Å². The second-order valence-corrected chi connectivity index (χ2v) is 10.9. The Morgan fingerprint density at radius 1 is 1.11 bits per heavy atom. The van der Waals surface area contributed by atoms with E-state index in [0.29, 0.717) is 12.5 Å². The molecule has 3 heterocycles. The molecule has 2 saturated heterocycles. The number of anilines is 1. The van der Waals surface area contributed by atoms with Crippen molar-refractivity contribution in [3.8, 4) is 17.0 Å². The van der Waals surface area contributed by atoms with Gasteiger partial charge in [0.15, 0.2) is 0 Å². The van der Waals surface area contributed by atoms with Crippen LogP contribution >= 0.6 is 0 Å². The number of hydrogen-bond acceptors (Lipinski definition) is 6. The van der Waals surface area contributed by atoms with Crippen LogP contribution in [0.15, 0.2) is 54.6 Å². The molecule has 2 aliphatic heterocycles. The fourth-order valence-corrected chi connectivity index (χ4v) is 5.46. The van der Waals surface area contributed by atoms with E-state index in [4.69, 9.17) is 14.5 Å². The number of carbonyl (C=O) groups excluding carboxylic acids is 1. The molecule has 1 amide bonds. The van der Waals surface area contributed by atoms with Gasteiger partial charge in [0.1, 0.15) is 5.75 Å². The van der Waals surface area contributed by atoms with E-state index in [1.807, 2.05) is 23.1 Å². The van der Waals surface area contributed by atoms with Gasteiger partial charge in [0.25, 0.3) is 0 Å². The third-order valence-electron chi connectivity index (χ3n) is 7.44. The zero-order chi connectivity index (χ0) is 25.8. The monoisotopic (exact) mass is 502 g/mol. The third-order valence-corrected chi connectivity index (χ3v) is 7.44. The van der Waals surface area contributed by atoms with E-state index in [2.05, 4.69) is 60.5 Å². The number of methoxy groups -OCH3 is 1. The van der Waals surface area contributed by atoms with Crippen LogP contribution in [0.25, 0.3) is 22.2 Å². The number of hydrogen-bond donors (Lipinski definition) is 1. The molecule has 5 rings (SSSR count). The number of likely N-dealkylation sites (tertiary alicyclic amines) is 2. The van der Waals surface area contributed by atoms with E-state index < -0.39 is 0 Å². The molecule has 0 saturated carbocycles. The molecular weight excluding hydrogens is 464 g/mol. The molecule has 0 bridgehead atoms. The summed E-state index contributed by atoms with van der Waals surface area (Å²) < 4.78 is 10.7. The minimum absolute atomic E-state index is 0.152. The molecule has 1 N–H and O–H groups in total. The van der Waals surface area contributed by atoms with Gasteiger partial charge in [-0.15, -0.1) is 0 Å². The van der Waals surface area contributed by atoms with Crippen molar-refractivity contribution in [1.29, 1.82) is 0 Å². The minimum Gasteiger partial charge on any atom is -0.497 e.